The van der Waals surface area contributed by atoms with E-state index in [1.807, 2.05) is 6.92 Å². The average molecular weight is 405 g/mol. The van der Waals surface area contributed by atoms with E-state index in [0.717, 1.165) is 5.69 Å². The smallest absolute Gasteiger partial charge is 0.331 e. The molecule has 0 amide bonds. The number of rotatable bonds is 8. The third-order valence-corrected chi connectivity index (χ3v) is 4.47. The fourth-order valence-electron chi connectivity index (χ4n) is 2.63. The van der Waals surface area contributed by atoms with Crippen LogP contribution in [-0.4, -0.2) is 34.7 Å². The van der Waals surface area contributed by atoms with E-state index in [1.165, 1.54) is 13.0 Å². The minimum atomic E-state index is -0.911. The van der Waals surface area contributed by atoms with Crippen LogP contribution in [0.25, 0.3) is 6.08 Å². The number of nitrogens with zero attached hydrogens (tertiary/aromatic N) is 2. The minimum absolute atomic E-state index is 0.289. The van der Waals surface area contributed by atoms with Crippen LogP contribution in [0.4, 0.5) is 0 Å². The van der Waals surface area contributed by atoms with Crippen LogP contribution in [-0.2, 0) is 16.1 Å². The molecule has 0 aliphatic carbocycles. The standard InChI is InChI=1S/C21H25ClN2O4/c1-13(2)12-24-21(22)18(14(3)23-24)10-11-19(25)28-15(4)20(26)16-6-8-17(27-5)9-7-16/h6-11,13,15H,12H2,1-5H3/b11-10+/t15-/m1/s1. The molecule has 1 aromatic heterocycles. The highest BCUT2D eigenvalue weighted by Gasteiger charge is 2.19. The SMILES string of the molecule is COc1ccc(C(=O)[C@@H](C)OC(=O)/C=C/c2c(C)nn(CC(C)C)c2Cl)cc1. The predicted octanol–water partition coefficient (Wildman–Crippen LogP) is 4.34. The molecule has 0 unspecified atom stereocenters. The first-order valence-corrected chi connectivity index (χ1v) is 9.40. The zero-order valence-corrected chi connectivity index (χ0v) is 17.5. The van der Waals surface area contributed by atoms with Crippen LogP contribution in [0.5, 0.6) is 5.75 Å². The molecule has 6 nitrogen and oxygen atoms in total. The zero-order valence-electron chi connectivity index (χ0n) is 16.7. The summed E-state index contributed by atoms with van der Waals surface area (Å²) in [5.41, 5.74) is 1.82. The summed E-state index contributed by atoms with van der Waals surface area (Å²) in [5, 5.41) is 4.86. The molecule has 0 saturated heterocycles. The van der Waals surface area contributed by atoms with Crippen molar-refractivity contribution in [2.75, 3.05) is 7.11 Å². The van der Waals surface area contributed by atoms with Gasteiger partial charge in [0.1, 0.15) is 10.9 Å². The van der Waals surface area contributed by atoms with Crippen LogP contribution in [0.3, 0.4) is 0 Å². The van der Waals surface area contributed by atoms with Gasteiger partial charge in [-0.15, -0.1) is 0 Å². The van der Waals surface area contributed by atoms with Gasteiger partial charge in [-0.1, -0.05) is 25.4 Å². The van der Waals surface area contributed by atoms with Crippen molar-refractivity contribution in [3.8, 4) is 5.75 Å². The Bertz CT molecular complexity index is 869. The van der Waals surface area contributed by atoms with E-state index < -0.39 is 12.1 Å². The third-order valence-electron chi connectivity index (χ3n) is 4.07. The lowest BCUT2D eigenvalue weighted by molar-refractivity contribution is -0.140. The maximum Gasteiger partial charge on any atom is 0.331 e. The molecule has 0 aliphatic heterocycles. The number of ketones is 1. The van der Waals surface area contributed by atoms with E-state index in [9.17, 15) is 9.59 Å². The molecule has 0 spiro atoms. The van der Waals surface area contributed by atoms with Gasteiger partial charge in [0.2, 0.25) is 5.78 Å². The monoisotopic (exact) mass is 404 g/mol. The molecule has 0 fully saturated rings. The second-order valence-electron chi connectivity index (χ2n) is 6.87. The van der Waals surface area contributed by atoms with Gasteiger partial charge in [0.15, 0.2) is 6.10 Å². The number of carbonyl (C=O) groups is 2. The van der Waals surface area contributed by atoms with Gasteiger partial charge in [-0.25, -0.2) is 4.79 Å². The molecule has 0 saturated carbocycles. The second-order valence-corrected chi connectivity index (χ2v) is 7.23. The Morgan fingerprint density at radius 1 is 1.21 bits per heavy atom. The number of Topliss-reactive ketones (excluding diaryl/α,β-unsaturated/α-hetero) is 1. The van der Waals surface area contributed by atoms with E-state index in [0.29, 0.717) is 34.5 Å². The van der Waals surface area contributed by atoms with Crippen LogP contribution in [0.15, 0.2) is 30.3 Å². The van der Waals surface area contributed by atoms with E-state index in [4.69, 9.17) is 21.1 Å². The lowest BCUT2D eigenvalue weighted by atomic mass is 10.1. The van der Waals surface area contributed by atoms with Gasteiger partial charge in [0.25, 0.3) is 0 Å². The molecule has 1 heterocycles. The molecule has 0 N–H and O–H groups in total. The Kier molecular flexibility index (Phi) is 7.40. The van der Waals surface area contributed by atoms with Gasteiger partial charge in [-0.2, -0.15) is 5.10 Å². The molecule has 1 aromatic carbocycles. The zero-order chi connectivity index (χ0) is 20.8. The first-order chi connectivity index (χ1) is 13.2. The number of aryl methyl sites for hydroxylation is 1. The summed E-state index contributed by atoms with van der Waals surface area (Å²) in [6.45, 7) is 8.19. The summed E-state index contributed by atoms with van der Waals surface area (Å²) in [5.74, 6) is 0.127. The molecule has 2 rings (SSSR count). The van der Waals surface area contributed by atoms with E-state index in [-0.39, 0.29) is 5.78 Å². The summed E-state index contributed by atoms with van der Waals surface area (Å²) in [6.07, 6.45) is 1.91. The number of halogens is 1. The van der Waals surface area contributed by atoms with Crippen molar-refractivity contribution in [1.82, 2.24) is 9.78 Å². The molecule has 0 aliphatic rings. The molecule has 0 radical (unpaired) electrons. The highest BCUT2D eigenvalue weighted by atomic mass is 35.5. The lowest BCUT2D eigenvalue weighted by Crippen LogP contribution is -2.23. The Balaban J connectivity index is 2.02. The Morgan fingerprint density at radius 2 is 1.86 bits per heavy atom. The number of esters is 1. The van der Waals surface area contributed by atoms with E-state index >= 15 is 0 Å². The lowest BCUT2D eigenvalue weighted by Gasteiger charge is -2.11. The molecule has 150 valence electrons. The molecule has 1 atom stereocenters. The van der Waals surface area contributed by atoms with Crippen LogP contribution in [0.2, 0.25) is 5.15 Å². The topological polar surface area (TPSA) is 70.4 Å². The van der Waals surface area contributed by atoms with Crippen LogP contribution in [0, 0.1) is 12.8 Å². The fourth-order valence-corrected chi connectivity index (χ4v) is 2.94. The predicted molar refractivity (Wildman–Crippen MR) is 109 cm³/mol. The number of methoxy groups -OCH3 is 1. The number of carbonyl (C=O) groups excluding carboxylic acids is 2. The molecule has 0 bridgehead atoms. The van der Waals surface area contributed by atoms with Crippen molar-refractivity contribution < 1.29 is 19.1 Å². The van der Waals surface area contributed by atoms with Crippen molar-refractivity contribution >= 4 is 29.4 Å². The summed E-state index contributed by atoms with van der Waals surface area (Å²) >= 11 is 6.35. The first kappa shape index (κ1) is 21.7. The van der Waals surface area contributed by atoms with Crippen molar-refractivity contribution in [3.05, 3.63) is 52.3 Å². The Hall–Kier alpha value is -2.60. The van der Waals surface area contributed by atoms with E-state index in [2.05, 4.69) is 18.9 Å². The molecule has 7 heteroatoms. The summed E-state index contributed by atoms with van der Waals surface area (Å²) < 4.78 is 12.0. The minimum Gasteiger partial charge on any atom is -0.497 e. The normalized spacial score (nSPS) is 12.4. The van der Waals surface area contributed by atoms with Gasteiger partial charge in [0.05, 0.1) is 12.8 Å². The number of hydrogen-bond acceptors (Lipinski definition) is 5. The summed E-state index contributed by atoms with van der Waals surface area (Å²) in [6, 6.07) is 6.63. The van der Waals surface area contributed by atoms with Crippen LogP contribution in [0.1, 0.15) is 42.4 Å². The second kappa shape index (κ2) is 9.55. The first-order valence-electron chi connectivity index (χ1n) is 9.02. The largest absolute Gasteiger partial charge is 0.497 e. The Labute approximate surface area is 170 Å². The number of ether oxygens (including phenoxy) is 2. The van der Waals surface area contributed by atoms with Crippen LogP contribution < -0.4 is 4.74 Å². The quantitative estimate of drug-likeness (QED) is 0.372. The van der Waals surface area contributed by atoms with Crippen molar-refractivity contribution in [2.24, 2.45) is 5.92 Å². The molecule has 2 aromatic rings. The van der Waals surface area contributed by atoms with E-state index in [1.54, 1.807) is 42.1 Å². The highest BCUT2D eigenvalue weighted by Crippen LogP contribution is 2.22. The van der Waals surface area contributed by atoms with Gasteiger partial charge in [-0.3, -0.25) is 9.48 Å². The molecule has 28 heavy (non-hydrogen) atoms. The number of aromatic nitrogens is 2. The Morgan fingerprint density at radius 3 is 2.43 bits per heavy atom. The average Bonchev–Trinajstić information content (AvgIpc) is 2.91. The number of benzene rings is 1. The van der Waals surface area contributed by atoms with Crippen molar-refractivity contribution in [3.63, 3.8) is 0 Å². The van der Waals surface area contributed by atoms with Crippen molar-refractivity contribution in [1.29, 1.82) is 0 Å². The van der Waals surface area contributed by atoms with Gasteiger partial charge in [-0.05, 0) is 50.1 Å². The maximum absolute atomic E-state index is 12.4. The van der Waals surface area contributed by atoms with Crippen LogP contribution >= 0.6 is 11.6 Å². The summed E-state index contributed by atoms with van der Waals surface area (Å²) in [4.78, 5) is 24.5. The third kappa shape index (κ3) is 5.45. The molecular weight excluding hydrogens is 380 g/mol. The molecular formula is C21H25ClN2O4. The highest BCUT2D eigenvalue weighted by molar-refractivity contribution is 6.31. The maximum atomic E-state index is 12.4. The van der Waals surface area contributed by atoms with Gasteiger partial charge < -0.3 is 9.47 Å². The van der Waals surface area contributed by atoms with Gasteiger partial charge >= 0.3 is 5.97 Å². The number of hydrogen-bond donors (Lipinski definition) is 0. The van der Waals surface area contributed by atoms with Gasteiger partial charge in [0, 0.05) is 23.7 Å². The fraction of sp³-hybridized carbons (Fsp3) is 0.381. The van der Waals surface area contributed by atoms with Crippen molar-refractivity contribution in [2.45, 2.75) is 40.3 Å². The summed E-state index contributed by atoms with van der Waals surface area (Å²) in [7, 11) is 1.55.